The number of nitrogens with one attached hydrogen (secondary N) is 1. The van der Waals surface area contributed by atoms with E-state index in [2.05, 4.69) is 15.0 Å². The molecule has 12 heavy (non-hydrogen) atoms. The van der Waals surface area contributed by atoms with Crippen LogP contribution in [0.15, 0.2) is 18.5 Å². The Balaban J connectivity index is 2.93. The first kappa shape index (κ1) is 8.52. The monoisotopic (exact) mass is 166 g/mol. The summed E-state index contributed by atoms with van der Waals surface area (Å²) in [6.07, 6.45) is 3.10. The van der Waals surface area contributed by atoms with E-state index < -0.39 is 0 Å². The van der Waals surface area contributed by atoms with Crippen molar-refractivity contribution >= 4 is 11.7 Å². The second-order valence-corrected chi connectivity index (χ2v) is 2.20. The van der Waals surface area contributed by atoms with Crippen molar-refractivity contribution < 1.29 is 9.53 Å². The van der Waals surface area contributed by atoms with Crippen LogP contribution in [0.5, 0.6) is 0 Å². The highest BCUT2D eigenvalue weighted by Crippen LogP contribution is 2.07. The van der Waals surface area contributed by atoms with Crippen LogP contribution < -0.4 is 5.32 Å². The lowest BCUT2D eigenvalue weighted by Crippen LogP contribution is -2.02. The van der Waals surface area contributed by atoms with Crippen molar-refractivity contribution in [2.24, 2.45) is 0 Å². The normalized spacial score (nSPS) is 9.17. The molecule has 0 saturated heterocycles. The molecular formula is C8H10N2O2. The van der Waals surface area contributed by atoms with E-state index in [9.17, 15) is 4.79 Å². The molecule has 0 atom stereocenters. The minimum atomic E-state index is -0.375. The third-order valence-corrected chi connectivity index (χ3v) is 1.45. The lowest BCUT2D eigenvalue weighted by Gasteiger charge is -2.01. The van der Waals surface area contributed by atoms with Crippen LogP contribution in [-0.4, -0.2) is 25.1 Å². The standard InChI is InChI=1S/C8H10N2O2/c1-9-7-3-6(4-10-5-7)8(11)12-2/h3-5,9H,1-2H3. The lowest BCUT2D eigenvalue weighted by atomic mass is 10.3. The second kappa shape index (κ2) is 3.71. The summed E-state index contributed by atoms with van der Waals surface area (Å²) in [6, 6.07) is 1.68. The molecule has 4 heteroatoms. The maximum atomic E-state index is 11.0. The fraction of sp³-hybridized carbons (Fsp3) is 0.250. The van der Waals surface area contributed by atoms with Gasteiger partial charge in [0.25, 0.3) is 0 Å². The number of aromatic nitrogens is 1. The second-order valence-electron chi connectivity index (χ2n) is 2.20. The third-order valence-electron chi connectivity index (χ3n) is 1.45. The van der Waals surface area contributed by atoms with E-state index in [-0.39, 0.29) is 5.97 Å². The summed E-state index contributed by atoms with van der Waals surface area (Å²) in [6.45, 7) is 0. The zero-order valence-corrected chi connectivity index (χ0v) is 7.00. The number of ether oxygens (including phenoxy) is 1. The van der Waals surface area contributed by atoms with E-state index in [1.807, 2.05) is 0 Å². The highest BCUT2D eigenvalue weighted by molar-refractivity contribution is 5.89. The van der Waals surface area contributed by atoms with Crippen LogP contribution in [0.25, 0.3) is 0 Å². The van der Waals surface area contributed by atoms with Crippen LogP contribution in [-0.2, 0) is 4.74 Å². The van der Waals surface area contributed by atoms with E-state index >= 15 is 0 Å². The molecule has 1 rings (SSSR count). The van der Waals surface area contributed by atoms with Crippen molar-refractivity contribution in [2.45, 2.75) is 0 Å². The van der Waals surface area contributed by atoms with Gasteiger partial charge in [0.2, 0.25) is 0 Å². The van der Waals surface area contributed by atoms with Gasteiger partial charge >= 0.3 is 5.97 Å². The number of rotatable bonds is 2. The van der Waals surface area contributed by atoms with E-state index in [0.717, 1.165) is 5.69 Å². The van der Waals surface area contributed by atoms with Crippen molar-refractivity contribution in [2.75, 3.05) is 19.5 Å². The van der Waals surface area contributed by atoms with E-state index in [4.69, 9.17) is 0 Å². The maximum absolute atomic E-state index is 11.0. The Labute approximate surface area is 70.6 Å². The van der Waals surface area contributed by atoms with Gasteiger partial charge in [0.05, 0.1) is 18.4 Å². The molecule has 1 aromatic heterocycles. The number of anilines is 1. The summed E-state index contributed by atoms with van der Waals surface area (Å²) < 4.78 is 4.53. The summed E-state index contributed by atoms with van der Waals surface area (Å²) in [5, 5.41) is 2.88. The molecule has 4 nitrogen and oxygen atoms in total. The molecule has 0 fully saturated rings. The van der Waals surface area contributed by atoms with E-state index in [0.29, 0.717) is 5.56 Å². The third kappa shape index (κ3) is 1.72. The highest BCUT2D eigenvalue weighted by atomic mass is 16.5. The molecule has 1 heterocycles. The highest BCUT2D eigenvalue weighted by Gasteiger charge is 2.04. The summed E-state index contributed by atoms with van der Waals surface area (Å²) in [5.74, 6) is -0.375. The van der Waals surface area contributed by atoms with Gasteiger partial charge in [0.15, 0.2) is 0 Å². The number of carbonyl (C=O) groups is 1. The molecule has 0 aromatic carbocycles. The largest absolute Gasteiger partial charge is 0.465 e. The molecular weight excluding hydrogens is 156 g/mol. The predicted molar refractivity (Wildman–Crippen MR) is 45.1 cm³/mol. The Morgan fingerprint density at radius 2 is 2.33 bits per heavy atom. The Bertz CT molecular complexity index is 286. The summed E-state index contributed by atoms with van der Waals surface area (Å²) in [7, 11) is 3.10. The zero-order chi connectivity index (χ0) is 8.97. The fourth-order valence-corrected chi connectivity index (χ4v) is 0.806. The topological polar surface area (TPSA) is 51.2 Å². The first-order chi connectivity index (χ1) is 5.77. The van der Waals surface area contributed by atoms with Crippen LogP contribution >= 0.6 is 0 Å². The summed E-state index contributed by atoms with van der Waals surface area (Å²) >= 11 is 0. The van der Waals surface area contributed by atoms with Gasteiger partial charge in [0, 0.05) is 19.4 Å². The van der Waals surface area contributed by atoms with Crippen LogP contribution in [0, 0.1) is 0 Å². The van der Waals surface area contributed by atoms with Crippen LogP contribution in [0.2, 0.25) is 0 Å². The molecule has 1 N–H and O–H groups in total. The fourth-order valence-electron chi connectivity index (χ4n) is 0.806. The smallest absolute Gasteiger partial charge is 0.339 e. The Morgan fingerprint density at radius 3 is 2.92 bits per heavy atom. The van der Waals surface area contributed by atoms with Crippen molar-refractivity contribution in [1.82, 2.24) is 4.98 Å². The first-order valence-electron chi connectivity index (χ1n) is 3.49. The molecule has 1 aromatic rings. The van der Waals surface area contributed by atoms with Gasteiger partial charge in [-0.2, -0.15) is 0 Å². The number of methoxy groups -OCH3 is 1. The molecule has 0 saturated carbocycles. The molecule has 0 radical (unpaired) electrons. The molecule has 0 spiro atoms. The Morgan fingerprint density at radius 1 is 1.58 bits per heavy atom. The van der Waals surface area contributed by atoms with Gasteiger partial charge < -0.3 is 10.1 Å². The van der Waals surface area contributed by atoms with Gasteiger partial charge in [0.1, 0.15) is 0 Å². The van der Waals surface area contributed by atoms with Gasteiger partial charge in [-0.15, -0.1) is 0 Å². The number of hydrogen-bond donors (Lipinski definition) is 1. The average Bonchev–Trinajstić information content (AvgIpc) is 2.17. The molecule has 0 aliphatic heterocycles. The van der Waals surface area contributed by atoms with Crippen molar-refractivity contribution in [3.05, 3.63) is 24.0 Å². The SMILES string of the molecule is CNc1cncc(C(=O)OC)c1. The van der Waals surface area contributed by atoms with Gasteiger partial charge in [-0.3, -0.25) is 4.98 Å². The zero-order valence-electron chi connectivity index (χ0n) is 7.00. The molecule has 0 amide bonds. The van der Waals surface area contributed by atoms with Crippen molar-refractivity contribution in [3.63, 3.8) is 0 Å². The molecule has 0 aliphatic rings. The number of carbonyl (C=O) groups excluding carboxylic acids is 1. The molecule has 0 bridgehead atoms. The van der Waals surface area contributed by atoms with Gasteiger partial charge in [-0.1, -0.05) is 0 Å². The van der Waals surface area contributed by atoms with Crippen LogP contribution in [0.3, 0.4) is 0 Å². The predicted octanol–water partition coefficient (Wildman–Crippen LogP) is 0.910. The number of pyridine rings is 1. The Kier molecular flexibility index (Phi) is 2.63. The van der Waals surface area contributed by atoms with Gasteiger partial charge in [-0.25, -0.2) is 4.79 Å². The van der Waals surface area contributed by atoms with E-state index in [1.165, 1.54) is 13.3 Å². The quantitative estimate of drug-likeness (QED) is 0.663. The summed E-state index contributed by atoms with van der Waals surface area (Å²) in [4.78, 5) is 14.9. The van der Waals surface area contributed by atoms with Crippen molar-refractivity contribution in [1.29, 1.82) is 0 Å². The minimum Gasteiger partial charge on any atom is -0.465 e. The molecule has 64 valence electrons. The average molecular weight is 166 g/mol. The summed E-state index contributed by atoms with van der Waals surface area (Å²) in [5.41, 5.74) is 1.24. The first-order valence-corrected chi connectivity index (χ1v) is 3.49. The molecule has 0 aliphatic carbocycles. The molecule has 0 unspecified atom stereocenters. The van der Waals surface area contributed by atoms with Crippen molar-refractivity contribution in [3.8, 4) is 0 Å². The van der Waals surface area contributed by atoms with Gasteiger partial charge in [-0.05, 0) is 6.07 Å². The lowest BCUT2D eigenvalue weighted by molar-refractivity contribution is 0.0600. The Hall–Kier alpha value is -1.58. The number of esters is 1. The van der Waals surface area contributed by atoms with Crippen LogP contribution in [0.4, 0.5) is 5.69 Å². The van der Waals surface area contributed by atoms with Crippen LogP contribution in [0.1, 0.15) is 10.4 Å². The number of hydrogen-bond acceptors (Lipinski definition) is 4. The van der Waals surface area contributed by atoms with E-state index in [1.54, 1.807) is 19.3 Å². The maximum Gasteiger partial charge on any atom is 0.339 e. The minimum absolute atomic E-state index is 0.375. The number of nitrogens with zero attached hydrogens (tertiary/aromatic N) is 1.